The van der Waals surface area contributed by atoms with Gasteiger partial charge in [-0.1, -0.05) is 48.5 Å². The van der Waals surface area contributed by atoms with E-state index >= 15 is 0 Å². The van der Waals surface area contributed by atoms with E-state index in [1.807, 2.05) is 24.3 Å². The molecular formula is C26H33N2O6+. The van der Waals surface area contributed by atoms with Crippen molar-refractivity contribution in [2.45, 2.75) is 31.7 Å². The maximum atomic E-state index is 13.2. The summed E-state index contributed by atoms with van der Waals surface area (Å²) in [5, 5.41) is 0. The van der Waals surface area contributed by atoms with Crippen molar-refractivity contribution in [2.24, 2.45) is 0 Å². The van der Waals surface area contributed by atoms with Crippen molar-refractivity contribution in [3.8, 4) is 0 Å². The summed E-state index contributed by atoms with van der Waals surface area (Å²) in [5.41, 5.74) is 0.519. The van der Waals surface area contributed by atoms with Gasteiger partial charge in [0.15, 0.2) is 5.54 Å². The Balaban J connectivity index is 1.92. The van der Waals surface area contributed by atoms with E-state index in [1.54, 1.807) is 24.3 Å². The number of hydrogen-bond donors (Lipinski definition) is 0. The molecule has 0 spiro atoms. The second kappa shape index (κ2) is 11.2. The van der Waals surface area contributed by atoms with Gasteiger partial charge in [0.1, 0.15) is 0 Å². The molecule has 1 aliphatic heterocycles. The summed E-state index contributed by atoms with van der Waals surface area (Å²) in [7, 11) is 2.63. The van der Waals surface area contributed by atoms with Gasteiger partial charge in [-0.3, -0.25) is 14.2 Å². The van der Waals surface area contributed by atoms with Crippen molar-refractivity contribution < 1.29 is 33.1 Å². The smallest absolute Gasteiger partial charge is 0.415 e. The first kappa shape index (κ1) is 25.2. The van der Waals surface area contributed by atoms with E-state index in [9.17, 15) is 14.4 Å². The molecule has 0 aliphatic carbocycles. The molecule has 8 nitrogen and oxygen atoms in total. The Morgan fingerprint density at radius 3 is 2.03 bits per heavy atom. The molecule has 1 saturated heterocycles. The Kier molecular flexibility index (Phi) is 8.28. The first-order valence-electron chi connectivity index (χ1n) is 11.4. The van der Waals surface area contributed by atoms with E-state index in [1.165, 1.54) is 31.6 Å². The quantitative estimate of drug-likeness (QED) is 0.334. The molecule has 1 heterocycles. The predicted octanol–water partition coefficient (Wildman–Crippen LogP) is 3.55. The van der Waals surface area contributed by atoms with E-state index in [4.69, 9.17) is 14.2 Å². The van der Waals surface area contributed by atoms with Crippen molar-refractivity contribution in [3.63, 3.8) is 0 Å². The number of rotatable bonds is 8. The van der Waals surface area contributed by atoms with Gasteiger partial charge in [0.25, 0.3) is 0 Å². The second-order valence-corrected chi connectivity index (χ2v) is 8.68. The van der Waals surface area contributed by atoms with Gasteiger partial charge < -0.3 is 14.2 Å². The minimum Gasteiger partial charge on any atom is -0.467 e. The van der Waals surface area contributed by atoms with Gasteiger partial charge >= 0.3 is 18.0 Å². The molecule has 0 aromatic heterocycles. The topological polar surface area (TPSA) is 82.1 Å². The van der Waals surface area contributed by atoms with Crippen LogP contribution in [0, 0.1) is 0 Å². The van der Waals surface area contributed by atoms with Crippen molar-refractivity contribution in [1.82, 2.24) is 0 Å². The van der Waals surface area contributed by atoms with Crippen LogP contribution >= 0.6 is 0 Å². The Bertz CT molecular complexity index is 971. The molecule has 0 atom stereocenters. The molecular weight excluding hydrogens is 436 g/mol. The maximum Gasteiger partial charge on any atom is 0.415 e. The molecule has 0 N–H and O–H groups in total. The highest BCUT2D eigenvalue weighted by Gasteiger charge is 2.55. The maximum absolute atomic E-state index is 13.2. The number of carbonyl (C=O) groups excluding carboxylic acids is 3. The summed E-state index contributed by atoms with van der Waals surface area (Å²) in [4.78, 5) is 39.2. The number of ether oxygens (including phenoxy) is 3. The van der Waals surface area contributed by atoms with Gasteiger partial charge in [-0.25, -0.2) is 9.59 Å². The number of nitrogens with zero attached hydrogens (tertiary/aromatic N) is 2. The summed E-state index contributed by atoms with van der Waals surface area (Å²) in [6, 6.07) is 19.1. The third-order valence-electron chi connectivity index (χ3n) is 6.62. The van der Waals surface area contributed by atoms with Crippen LogP contribution in [0.2, 0.25) is 0 Å². The Labute approximate surface area is 200 Å². The number of para-hydroxylation sites is 1. The number of hydrogen-bond acceptors (Lipinski definition) is 6. The van der Waals surface area contributed by atoms with Gasteiger partial charge in [0, 0.05) is 31.9 Å². The van der Waals surface area contributed by atoms with Crippen LogP contribution in [-0.4, -0.2) is 68.6 Å². The molecule has 0 saturated carbocycles. The van der Waals surface area contributed by atoms with Crippen LogP contribution in [0.3, 0.4) is 0 Å². The fourth-order valence-electron chi connectivity index (χ4n) is 4.64. The molecule has 0 unspecified atom stereocenters. The molecule has 1 fully saturated rings. The summed E-state index contributed by atoms with van der Waals surface area (Å²) in [6.07, 6.45) is 0.840. The van der Waals surface area contributed by atoms with Gasteiger partial charge in [0.2, 0.25) is 6.73 Å². The lowest BCUT2D eigenvalue weighted by Gasteiger charge is -2.49. The lowest BCUT2D eigenvalue weighted by atomic mass is 9.83. The van der Waals surface area contributed by atoms with Crippen molar-refractivity contribution >= 4 is 23.7 Å². The number of piperidine rings is 1. The van der Waals surface area contributed by atoms with Gasteiger partial charge in [-0.05, 0) is 17.7 Å². The van der Waals surface area contributed by atoms with Crippen molar-refractivity contribution in [1.29, 1.82) is 0 Å². The van der Waals surface area contributed by atoms with E-state index in [0.29, 0.717) is 36.1 Å². The number of esters is 2. The molecule has 2 aromatic carbocycles. The fourth-order valence-corrected chi connectivity index (χ4v) is 4.64. The third kappa shape index (κ3) is 5.56. The number of carbonyl (C=O) groups is 3. The van der Waals surface area contributed by atoms with E-state index in [-0.39, 0.29) is 12.7 Å². The number of anilines is 1. The lowest BCUT2D eigenvalue weighted by molar-refractivity contribution is -0.948. The molecule has 0 radical (unpaired) electrons. The summed E-state index contributed by atoms with van der Waals surface area (Å²) in [5.74, 6) is -0.836. The highest BCUT2D eigenvalue weighted by Crippen LogP contribution is 2.37. The van der Waals surface area contributed by atoms with E-state index in [2.05, 4.69) is 12.1 Å². The number of benzene rings is 2. The molecule has 182 valence electrons. The van der Waals surface area contributed by atoms with Crippen LogP contribution in [0.15, 0.2) is 60.7 Å². The van der Waals surface area contributed by atoms with E-state index in [0.717, 1.165) is 13.0 Å². The highest BCUT2D eigenvalue weighted by molar-refractivity contribution is 5.98. The summed E-state index contributed by atoms with van der Waals surface area (Å²) < 4.78 is 16.2. The van der Waals surface area contributed by atoms with Gasteiger partial charge in [-0.2, -0.15) is 0 Å². The summed E-state index contributed by atoms with van der Waals surface area (Å²) >= 11 is 0. The Morgan fingerprint density at radius 2 is 1.50 bits per heavy atom. The highest BCUT2D eigenvalue weighted by atomic mass is 16.6. The number of methoxy groups -OCH3 is 2. The normalized spacial score (nSPS) is 21.9. The van der Waals surface area contributed by atoms with Gasteiger partial charge in [0.05, 0.1) is 33.9 Å². The van der Waals surface area contributed by atoms with E-state index < -0.39 is 17.6 Å². The standard InChI is InChI=1S/C26H33N2O6/c1-21(29)34-20-28(17-14-22-10-6-4-7-11-22)18-15-26(16-19-28,24(30)32-2)27(25(31)33-3)23-12-8-5-9-13-23/h4-13H,14-20H2,1-3H3/q+1. The molecule has 2 aromatic rings. The predicted molar refractivity (Wildman–Crippen MR) is 127 cm³/mol. The number of quaternary nitrogens is 1. The largest absolute Gasteiger partial charge is 0.467 e. The van der Waals surface area contributed by atoms with Crippen LogP contribution < -0.4 is 4.90 Å². The molecule has 34 heavy (non-hydrogen) atoms. The average molecular weight is 470 g/mol. The first-order valence-corrected chi connectivity index (χ1v) is 11.4. The zero-order chi connectivity index (χ0) is 24.6. The number of amides is 1. The first-order chi connectivity index (χ1) is 16.4. The van der Waals surface area contributed by atoms with Crippen molar-refractivity contribution in [3.05, 3.63) is 66.2 Å². The zero-order valence-corrected chi connectivity index (χ0v) is 20.1. The van der Waals surface area contributed by atoms with Crippen LogP contribution in [0.25, 0.3) is 0 Å². The van der Waals surface area contributed by atoms with Crippen LogP contribution in [0.1, 0.15) is 25.3 Å². The molecule has 3 rings (SSSR count). The van der Waals surface area contributed by atoms with Crippen LogP contribution in [-0.2, 0) is 30.2 Å². The lowest BCUT2D eigenvalue weighted by Crippen LogP contribution is -2.67. The molecule has 8 heteroatoms. The van der Waals surface area contributed by atoms with Gasteiger partial charge in [-0.15, -0.1) is 0 Å². The SMILES string of the molecule is COC(=O)N(c1ccccc1)C1(C(=O)OC)CC[N+](CCc2ccccc2)(COC(C)=O)CC1. The van der Waals surface area contributed by atoms with Crippen LogP contribution in [0.5, 0.6) is 0 Å². The zero-order valence-electron chi connectivity index (χ0n) is 20.1. The summed E-state index contributed by atoms with van der Waals surface area (Å²) in [6.45, 7) is 3.39. The second-order valence-electron chi connectivity index (χ2n) is 8.68. The molecule has 1 amide bonds. The van der Waals surface area contributed by atoms with Crippen LogP contribution in [0.4, 0.5) is 10.5 Å². The monoisotopic (exact) mass is 469 g/mol. The molecule has 0 bridgehead atoms. The number of likely N-dealkylation sites (tertiary alicyclic amines) is 1. The Hall–Kier alpha value is -3.39. The Morgan fingerprint density at radius 1 is 0.912 bits per heavy atom. The molecule has 1 aliphatic rings. The minimum atomic E-state index is -1.23. The van der Waals surface area contributed by atoms with Crippen molar-refractivity contribution in [2.75, 3.05) is 45.5 Å². The third-order valence-corrected chi connectivity index (χ3v) is 6.62. The average Bonchev–Trinajstić information content (AvgIpc) is 2.88. The minimum absolute atomic E-state index is 0.211. The fraction of sp³-hybridized carbons (Fsp3) is 0.423.